The lowest BCUT2D eigenvalue weighted by Crippen LogP contribution is -2.44. The predicted molar refractivity (Wildman–Crippen MR) is 124 cm³/mol. The average Bonchev–Trinajstić information content (AvgIpc) is 3.41. The summed E-state index contributed by atoms with van der Waals surface area (Å²) in [5, 5.41) is 11.6. The molecule has 0 spiro atoms. The standard InChI is InChI=1S/C22H33ClN6O2/c1-5-24-22(25-11-6-7-20-27-21(15(2)3)28-31-20)26-17-10-12-29(14-17)18-13-16(23)8-9-19(18)30-4/h8-9,13,15,17H,5-7,10-12,14H2,1-4H3,(H2,24,25,26). The van der Waals surface area contributed by atoms with Crippen LogP contribution in [0.2, 0.25) is 5.02 Å². The van der Waals surface area contributed by atoms with Crippen molar-refractivity contribution in [3.05, 3.63) is 34.9 Å². The third-order valence-corrected chi connectivity index (χ3v) is 5.41. The molecule has 0 amide bonds. The van der Waals surface area contributed by atoms with Gasteiger partial charge in [0.15, 0.2) is 11.8 Å². The molecule has 0 saturated carbocycles. The molecular weight excluding hydrogens is 416 g/mol. The minimum atomic E-state index is 0.276. The van der Waals surface area contributed by atoms with E-state index in [9.17, 15) is 0 Å². The molecule has 1 fully saturated rings. The normalized spacial score (nSPS) is 16.8. The quantitative estimate of drug-likeness (QED) is 0.344. The van der Waals surface area contributed by atoms with E-state index in [1.54, 1.807) is 7.11 Å². The summed E-state index contributed by atoms with van der Waals surface area (Å²) in [6, 6.07) is 6.02. The second-order valence-electron chi connectivity index (χ2n) is 7.96. The molecule has 1 saturated heterocycles. The summed E-state index contributed by atoms with van der Waals surface area (Å²) in [6.45, 7) is 9.48. The predicted octanol–water partition coefficient (Wildman–Crippen LogP) is 3.62. The number of methoxy groups -OCH3 is 1. The van der Waals surface area contributed by atoms with E-state index >= 15 is 0 Å². The zero-order valence-electron chi connectivity index (χ0n) is 18.8. The molecule has 8 nitrogen and oxygen atoms in total. The number of rotatable bonds is 9. The van der Waals surface area contributed by atoms with Crippen molar-refractivity contribution in [3.8, 4) is 5.75 Å². The van der Waals surface area contributed by atoms with Gasteiger partial charge in [-0.15, -0.1) is 0 Å². The van der Waals surface area contributed by atoms with Gasteiger partial charge in [-0.05, 0) is 38.0 Å². The van der Waals surface area contributed by atoms with Crippen LogP contribution in [0.1, 0.15) is 51.2 Å². The maximum absolute atomic E-state index is 6.20. The molecule has 0 aliphatic carbocycles. The fraction of sp³-hybridized carbons (Fsp3) is 0.591. The second kappa shape index (κ2) is 11.2. The fourth-order valence-electron chi connectivity index (χ4n) is 3.55. The number of hydrogen-bond acceptors (Lipinski definition) is 6. The zero-order valence-corrected chi connectivity index (χ0v) is 19.6. The largest absolute Gasteiger partial charge is 0.495 e. The topological polar surface area (TPSA) is 87.8 Å². The number of ether oxygens (including phenoxy) is 1. The molecule has 1 aliphatic heterocycles. The molecule has 1 aromatic carbocycles. The summed E-state index contributed by atoms with van der Waals surface area (Å²) < 4.78 is 10.8. The zero-order chi connectivity index (χ0) is 22.2. The van der Waals surface area contributed by atoms with Crippen LogP contribution in [0.5, 0.6) is 5.75 Å². The minimum Gasteiger partial charge on any atom is -0.495 e. The molecule has 1 unspecified atom stereocenters. The van der Waals surface area contributed by atoms with Gasteiger partial charge in [0.1, 0.15) is 5.75 Å². The minimum absolute atomic E-state index is 0.276. The van der Waals surface area contributed by atoms with Crippen molar-refractivity contribution in [3.63, 3.8) is 0 Å². The lowest BCUT2D eigenvalue weighted by molar-refractivity contribution is 0.369. The van der Waals surface area contributed by atoms with Crippen LogP contribution in [0.25, 0.3) is 0 Å². The Kier molecular flexibility index (Phi) is 8.40. The SMILES string of the molecule is CCNC(=NCCCc1nc(C(C)C)no1)NC1CCN(c2cc(Cl)ccc2OC)C1. The van der Waals surface area contributed by atoms with E-state index in [4.69, 9.17) is 25.9 Å². The molecule has 2 heterocycles. The lowest BCUT2D eigenvalue weighted by atomic mass is 10.2. The van der Waals surface area contributed by atoms with Crippen molar-refractivity contribution < 1.29 is 9.26 Å². The van der Waals surface area contributed by atoms with Crippen LogP contribution >= 0.6 is 11.6 Å². The summed E-state index contributed by atoms with van der Waals surface area (Å²) in [5.41, 5.74) is 1.03. The molecule has 1 aliphatic rings. The summed E-state index contributed by atoms with van der Waals surface area (Å²) in [5.74, 6) is 3.39. The number of nitrogens with one attached hydrogen (secondary N) is 2. The van der Waals surface area contributed by atoms with Crippen LogP contribution < -0.4 is 20.3 Å². The maximum Gasteiger partial charge on any atom is 0.226 e. The smallest absolute Gasteiger partial charge is 0.226 e. The molecule has 2 aromatic rings. The summed E-state index contributed by atoms with van der Waals surface area (Å²) >= 11 is 6.20. The van der Waals surface area contributed by atoms with E-state index in [1.165, 1.54) is 0 Å². The van der Waals surface area contributed by atoms with Gasteiger partial charge in [0.05, 0.1) is 12.8 Å². The van der Waals surface area contributed by atoms with E-state index in [2.05, 4.69) is 46.4 Å². The number of hydrogen-bond donors (Lipinski definition) is 2. The van der Waals surface area contributed by atoms with E-state index in [-0.39, 0.29) is 5.92 Å². The number of halogens is 1. The Morgan fingerprint density at radius 1 is 1.42 bits per heavy atom. The highest BCUT2D eigenvalue weighted by Crippen LogP contribution is 2.33. The molecule has 9 heteroatoms. The van der Waals surface area contributed by atoms with E-state index < -0.39 is 0 Å². The first-order valence-electron chi connectivity index (χ1n) is 11.0. The van der Waals surface area contributed by atoms with Gasteiger partial charge in [-0.1, -0.05) is 30.6 Å². The van der Waals surface area contributed by atoms with Crippen LogP contribution in [0.15, 0.2) is 27.7 Å². The number of anilines is 1. The van der Waals surface area contributed by atoms with Crippen LogP contribution in [-0.2, 0) is 6.42 Å². The molecule has 2 N–H and O–H groups in total. The second-order valence-corrected chi connectivity index (χ2v) is 8.39. The van der Waals surface area contributed by atoms with Crippen molar-refractivity contribution in [2.75, 3.05) is 38.2 Å². The van der Waals surface area contributed by atoms with Gasteiger partial charge in [-0.2, -0.15) is 4.98 Å². The van der Waals surface area contributed by atoms with Crippen molar-refractivity contribution >= 4 is 23.2 Å². The molecular formula is C22H33ClN6O2. The summed E-state index contributed by atoms with van der Waals surface area (Å²) in [7, 11) is 1.69. The Hall–Kier alpha value is -2.48. The average molecular weight is 449 g/mol. The van der Waals surface area contributed by atoms with E-state index in [0.29, 0.717) is 23.5 Å². The first-order valence-corrected chi connectivity index (χ1v) is 11.3. The number of aliphatic imine (C=N–C) groups is 1. The van der Waals surface area contributed by atoms with Crippen LogP contribution in [0.3, 0.4) is 0 Å². The van der Waals surface area contributed by atoms with Crippen molar-refractivity contribution in [1.29, 1.82) is 0 Å². The van der Waals surface area contributed by atoms with Crippen LogP contribution in [0, 0.1) is 0 Å². The molecule has 0 bridgehead atoms. The molecule has 3 rings (SSSR count). The highest BCUT2D eigenvalue weighted by molar-refractivity contribution is 6.30. The van der Waals surface area contributed by atoms with Gasteiger partial charge in [0.2, 0.25) is 5.89 Å². The highest BCUT2D eigenvalue weighted by Gasteiger charge is 2.25. The summed E-state index contributed by atoms with van der Waals surface area (Å²) in [6.07, 6.45) is 2.60. The van der Waals surface area contributed by atoms with Crippen LogP contribution in [0.4, 0.5) is 5.69 Å². The summed E-state index contributed by atoms with van der Waals surface area (Å²) in [4.78, 5) is 11.4. The number of nitrogens with zero attached hydrogens (tertiary/aromatic N) is 4. The van der Waals surface area contributed by atoms with Crippen molar-refractivity contribution in [2.45, 2.75) is 52.0 Å². The van der Waals surface area contributed by atoms with Gasteiger partial charge in [-0.3, -0.25) is 4.99 Å². The highest BCUT2D eigenvalue weighted by atomic mass is 35.5. The third kappa shape index (κ3) is 6.50. The van der Waals surface area contributed by atoms with Gasteiger partial charge < -0.3 is 24.8 Å². The molecule has 1 atom stereocenters. The Bertz CT molecular complexity index is 869. The first kappa shape index (κ1) is 23.2. The van der Waals surface area contributed by atoms with Crippen molar-refractivity contribution in [1.82, 2.24) is 20.8 Å². The number of aryl methyl sites for hydroxylation is 1. The number of aromatic nitrogens is 2. The fourth-order valence-corrected chi connectivity index (χ4v) is 3.71. The maximum atomic E-state index is 6.20. The molecule has 0 radical (unpaired) electrons. The molecule has 170 valence electrons. The Balaban J connectivity index is 1.52. The van der Waals surface area contributed by atoms with Crippen LogP contribution in [-0.4, -0.2) is 55.4 Å². The monoisotopic (exact) mass is 448 g/mol. The molecule has 31 heavy (non-hydrogen) atoms. The van der Waals surface area contributed by atoms with Gasteiger partial charge in [0.25, 0.3) is 0 Å². The Labute approximate surface area is 189 Å². The third-order valence-electron chi connectivity index (χ3n) is 5.17. The van der Waals surface area contributed by atoms with E-state index in [1.807, 2.05) is 18.2 Å². The Morgan fingerprint density at radius 2 is 2.26 bits per heavy atom. The van der Waals surface area contributed by atoms with Crippen molar-refractivity contribution in [2.24, 2.45) is 4.99 Å². The van der Waals surface area contributed by atoms with Gasteiger partial charge in [0, 0.05) is 49.6 Å². The lowest BCUT2D eigenvalue weighted by Gasteiger charge is -2.22. The number of guanidine groups is 1. The van der Waals surface area contributed by atoms with Gasteiger partial charge in [-0.25, -0.2) is 0 Å². The number of benzene rings is 1. The Morgan fingerprint density at radius 3 is 2.97 bits per heavy atom. The van der Waals surface area contributed by atoms with Gasteiger partial charge >= 0.3 is 0 Å². The van der Waals surface area contributed by atoms with E-state index in [0.717, 1.165) is 62.1 Å². The molecule has 1 aromatic heterocycles. The first-order chi connectivity index (χ1) is 15.0.